The fourth-order valence-corrected chi connectivity index (χ4v) is 3.69. The Morgan fingerprint density at radius 2 is 1.85 bits per heavy atom. The predicted molar refractivity (Wildman–Crippen MR) is 120 cm³/mol. The van der Waals surface area contributed by atoms with Crippen molar-refractivity contribution >= 4 is 18.0 Å². The average Bonchev–Trinajstić information content (AvgIpc) is 2.73. The summed E-state index contributed by atoms with van der Waals surface area (Å²) in [6.07, 6.45) is 0.0838. The molecule has 1 aromatic rings. The van der Waals surface area contributed by atoms with Gasteiger partial charge in [-0.05, 0) is 39.7 Å². The lowest BCUT2D eigenvalue weighted by molar-refractivity contribution is -0.162. The average molecular weight is 463 g/mol. The number of likely N-dealkylation sites (tertiary alicyclic amines) is 1. The summed E-state index contributed by atoms with van der Waals surface area (Å²) in [7, 11) is 0. The highest BCUT2D eigenvalue weighted by atomic mass is 16.7. The van der Waals surface area contributed by atoms with Gasteiger partial charge in [0.05, 0.1) is 13.2 Å². The van der Waals surface area contributed by atoms with Crippen molar-refractivity contribution in [2.45, 2.75) is 52.4 Å². The number of benzene rings is 1. The van der Waals surface area contributed by atoms with Crippen LogP contribution in [0.25, 0.3) is 0 Å². The minimum Gasteiger partial charge on any atom is -0.444 e. The zero-order chi connectivity index (χ0) is 24.0. The maximum absolute atomic E-state index is 12.8. The summed E-state index contributed by atoms with van der Waals surface area (Å²) in [6, 6.07) is 8.62. The summed E-state index contributed by atoms with van der Waals surface area (Å²) >= 11 is 0. The molecule has 10 nitrogen and oxygen atoms in total. The molecule has 0 spiro atoms. The lowest BCUT2D eigenvalue weighted by Gasteiger charge is -2.40. The molecule has 2 aliphatic rings. The van der Waals surface area contributed by atoms with Crippen LogP contribution >= 0.6 is 0 Å². The molecule has 1 aromatic carbocycles. The van der Waals surface area contributed by atoms with Crippen molar-refractivity contribution in [1.82, 2.24) is 20.3 Å². The van der Waals surface area contributed by atoms with E-state index in [1.165, 1.54) is 9.96 Å². The molecule has 33 heavy (non-hydrogen) atoms. The molecule has 10 heteroatoms. The Bertz CT molecular complexity index is 822. The van der Waals surface area contributed by atoms with E-state index in [1.54, 1.807) is 4.90 Å². The standard InChI is InChI=1S/C23H34N4O6/c1-5-26-19(11-12-27(21(26)29)32-16-17-9-7-6-8-10-17)20(28)24-31-15-18-13-25(14-18)22(30)33-23(2,3)4/h6-10,18-19H,5,11-16H2,1-4H3,(H,24,28). The van der Waals surface area contributed by atoms with Gasteiger partial charge in [-0.1, -0.05) is 30.3 Å². The van der Waals surface area contributed by atoms with Crippen LogP contribution in [-0.2, 0) is 25.8 Å². The fraction of sp³-hybridized carbons (Fsp3) is 0.609. The predicted octanol–water partition coefficient (Wildman–Crippen LogP) is 2.55. The molecule has 0 bridgehead atoms. The van der Waals surface area contributed by atoms with E-state index in [9.17, 15) is 14.4 Å². The summed E-state index contributed by atoms with van der Waals surface area (Å²) < 4.78 is 5.32. The van der Waals surface area contributed by atoms with Crippen molar-refractivity contribution in [3.05, 3.63) is 35.9 Å². The van der Waals surface area contributed by atoms with Gasteiger partial charge in [0.1, 0.15) is 18.2 Å². The Hall–Kier alpha value is -2.85. The number of carbonyl (C=O) groups is 3. The van der Waals surface area contributed by atoms with E-state index in [0.717, 1.165) is 5.56 Å². The largest absolute Gasteiger partial charge is 0.444 e. The number of hydrogen-bond acceptors (Lipinski definition) is 6. The molecule has 0 radical (unpaired) electrons. The number of nitrogens with one attached hydrogen (secondary N) is 1. The molecule has 1 unspecified atom stereocenters. The molecule has 2 fully saturated rings. The van der Waals surface area contributed by atoms with Gasteiger partial charge in [0.2, 0.25) is 0 Å². The first-order chi connectivity index (χ1) is 15.7. The third kappa shape index (κ3) is 6.82. The third-order valence-electron chi connectivity index (χ3n) is 5.41. The molecule has 0 aliphatic carbocycles. The lowest BCUT2D eigenvalue weighted by atomic mass is 10.0. The van der Waals surface area contributed by atoms with Crippen molar-refractivity contribution in [2.75, 3.05) is 32.8 Å². The van der Waals surface area contributed by atoms with Gasteiger partial charge in [0, 0.05) is 25.6 Å². The Balaban J connectivity index is 1.39. The Morgan fingerprint density at radius 3 is 2.48 bits per heavy atom. The van der Waals surface area contributed by atoms with Crippen molar-refractivity contribution in [3.63, 3.8) is 0 Å². The van der Waals surface area contributed by atoms with Crippen LogP contribution in [0.2, 0.25) is 0 Å². The van der Waals surface area contributed by atoms with Crippen LogP contribution in [0.4, 0.5) is 9.59 Å². The number of ether oxygens (including phenoxy) is 1. The summed E-state index contributed by atoms with van der Waals surface area (Å²) in [5.41, 5.74) is 2.90. The van der Waals surface area contributed by atoms with E-state index >= 15 is 0 Å². The van der Waals surface area contributed by atoms with Gasteiger partial charge in [-0.3, -0.25) is 14.5 Å². The molecule has 182 valence electrons. The van der Waals surface area contributed by atoms with E-state index in [1.807, 2.05) is 58.0 Å². The highest BCUT2D eigenvalue weighted by Crippen LogP contribution is 2.20. The van der Waals surface area contributed by atoms with Gasteiger partial charge < -0.3 is 14.5 Å². The molecule has 3 rings (SSSR count). The smallest absolute Gasteiger partial charge is 0.410 e. The molecular formula is C23H34N4O6. The quantitative estimate of drug-likeness (QED) is 0.596. The number of hydroxylamine groups is 3. The second-order valence-electron chi connectivity index (χ2n) is 9.26. The molecule has 2 aliphatic heterocycles. The first-order valence-electron chi connectivity index (χ1n) is 11.3. The van der Waals surface area contributed by atoms with E-state index in [-0.39, 0.29) is 37.2 Å². The Labute approximate surface area is 194 Å². The van der Waals surface area contributed by atoms with E-state index in [2.05, 4.69) is 5.48 Å². The minimum absolute atomic E-state index is 0.120. The SMILES string of the molecule is CCN1C(=O)N(OCc2ccccc2)CCC1C(=O)NOCC1CN(C(=O)OC(C)(C)C)C1. The van der Waals surface area contributed by atoms with Gasteiger partial charge in [0.25, 0.3) is 5.91 Å². The summed E-state index contributed by atoms with van der Waals surface area (Å²) in [4.78, 5) is 51.5. The van der Waals surface area contributed by atoms with E-state index in [0.29, 0.717) is 32.6 Å². The number of likely N-dealkylation sites (N-methyl/N-ethyl adjacent to an activating group) is 1. The topological polar surface area (TPSA) is 101 Å². The minimum atomic E-state index is -0.626. The molecule has 2 heterocycles. The van der Waals surface area contributed by atoms with E-state index < -0.39 is 11.6 Å². The van der Waals surface area contributed by atoms with Crippen LogP contribution in [0.3, 0.4) is 0 Å². The maximum Gasteiger partial charge on any atom is 0.410 e. The molecule has 1 N–H and O–H groups in total. The van der Waals surface area contributed by atoms with Crippen LogP contribution in [-0.4, -0.2) is 77.3 Å². The number of amides is 4. The van der Waals surface area contributed by atoms with Crippen LogP contribution in [0.5, 0.6) is 0 Å². The zero-order valence-electron chi connectivity index (χ0n) is 19.8. The van der Waals surface area contributed by atoms with Crippen molar-refractivity contribution in [1.29, 1.82) is 0 Å². The second kappa shape index (κ2) is 10.8. The number of hydrogen-bond donors (Lipinski definition) is 1. The van der Waals surface area contributed by atoms with Gasteiger partial charge >= 0.3 is 12.1 Å². The number of urea groups is 1. The second-order valence-corrected chi connectivity index (χ2v) is 9.26. The Kier molecular flexibility index (Phi) is 8.15. The van der Waals surface area contributed by atoms with Crippen molar-refractivity contribution in [2.24, 2.45) is 5.92 Å². The molecule has 0 aromatic heterocycles. The van der Waals surface area contributed by atoms with Crippen LogP contribution in [0.15, 0.2) is 30.3 Å². The van der Waals surface area contributed by atoms with Gasteiger partial charge in [-0.15, -0.1) is 0 Å². The van der Waals surface area contributed by atoms with Crippen LogP contribution in [0, 0.1) is 5.92 Å². The van der Waals surface area contributed by atoms with Gasteiger partial charge in [-0.25, -0.2) is 20.1 Å². The number of nitrogens with zero attached hydrogens (tertiary/aromatic N) is 3. The fourth-order valence-electron chi connectivity index (χ4n) is 3.69. The molecule has 0 saturated carbocycles. The number of carbonyl (C=O) groups excluding carboxylic acids is 3. The molecule has 2 saturated heterocycles. The third-order valence-corrected chi connectivity index (χ3v) is 5.41. The summed E-state index contributed by atoms with van der Waals surface area (Å²) in [5.74, 6) is -0.244. The first-order valence-corrected chi connectivity index (χ1v) is 11.3. The number of rotatable bonds is 8. The van der Waals surface area contributed by atoms with Crippen molar-refractivity contribution < 1.29 is 28.8 Å². The highest BCUT2D eigenvalue weighted by molar-refractivity contribution is 5.87. The van der Waals surface area contributed by atoms with Crippen LogP contribution in [0.1, 0.15) is 39.7 Å². The van der Waals surface area contributed by atoms with Crippen LogP contribution < -0.4 is 5.48 Å². The zero-order valence-corrected chi connectivity index (χ0v) is 19.8. The Morgan fingerprint density at radius 1 is 1.15 bits per heavy atom. The molecular weight excluding hydrogens is 428 g/mol. The lowest BCUT2D eigenvalue weighted by Crippen LogP contribution is -2.59. The maximum atomic E-state index is 12.8. The summed E-state index contributed by atoms with van der Waals surface area (Å²) in [5, 5.41) is 1.31. The normalized spacial score (nSPS) is 19.3. The summed E-state index contributed by atoms with van der Waals surface area (Å²) in [6.45, 7) is 9.57. The van der Waals surface area contributed by atoms with Crippen molar-refractivity contribution in [3.8, 4) is 0 Å². The highest BCUT2D eigenvalue weighted by Gasteiger charge is 2.38. The van der Waals surface area contributed by atoms with Gasteiger partial charge in [0.15, 0.2) is 0 Å². The van der Waals surface area contributed by atoms with Gasteiger partial charge in [-0.2, -0.15) is 0 Å². The van der Waals surface area contributed by atoms with E-state index in [4.69, 9.17) is 14.4 Å². The molecule has 1 atom stereocenters. The molecule has 4 amide bonds. The first kappa shape index (κ1) is 24.8. The monoisotopic (exact) mass is 462 g/mol.